The van der Waals surface area contributed by atoms with E-state index in [9.17, 15) is 9.90 Å². The highest BCUT2D eigenvalue weighted by Crippen LogP contribution is 2.14. The molecule has 0 fully saturated rings. The molecule has 82 valence electrons. The smallest absolute Gasteiger partial charge is 0.255 e. The highest BCUT2D eigenvalue weighted by atomic mass is 16.5. The van der Waals surface area contributed by atoms with Gasteiger partial charge >= 0.3 is 0 Å². The number of hydrogen-bond donors (Lipinski definition) is 2. The van der Waals surface area contributed by atoms with Gasteiger partial charge in [-0.25, -0.2) is 0 Å². The fraction of sp³-hybridized carbons (Fsp3) is 0.364. The molecule has 0 bridgehead atoms. The summed E-state index contributed by atoms with van der Waals surface area (Å²) in [5.74, 6) is -0.292. The van der Waals surface area contributed by atoms with Crippen molar-refractivity contribution in [3.05, 3.63) is 29.8 Å². The molecule has 0 aromatic heterocycles. The van der Waals surface area contributed by atoms with Crippen LogP contribution in [-0.4, -0.2) is 30.8 Å². The fourth-order valence-corrected chi connectivity index (χ4v) is 1.14. The number of phenols is 1. The molecular weight excluding hydrogens is 194 g/mol. The average molecular weight is 209 g/mol. The maximum atomic E-state index is 11.5. The Morgan fingerprint density at radius 3 is 2.87 bits per heavy atom. The van der Waals surface area contributed by atoms with Crippen LogP contribution in [0.25, 0.3) is 0 Å². The van der Waals surface area contributed by atoms with E-state index in [0.29, 0.717) is 19.8 Å². The number of carbonyl (C=O) groups is 1. The van der Waals surface area contributed by atoms with Crippen molar-refractivity contribution >= 4 is 5.91 Å². The van der Waals surface area contributed by atoms with Crippen molar-refractivity contribution in [3.8, 4) is 5.75 Å². The van der Waals surface area contributed by atoms with E-state index in [1.165, 1.54) is 6.07 Å². The summed E-state index contributed by atoms with van der Waals surface area (Å²) in [7, 11) is 0. The molecule has 1 rings (SSSR count). The lowest BCUT2D eigenvalue weighted by molar-refractivity contribution is 0.0920. The van der Waals surface area contributed by atoms with Crippen LogP contribution >= 0.6 is 0 Å². The summed E-state index contributed by atoms with van der Waals surface area (Å²) in [4.78, 5) is 11.5. The molecule has 1 aromatic carbocycles. The van der Waals surface area contributed by atoms with Crippen LogP contribution in [0, 0.1) is 0 Å². The van der Waals surface area contributed by atoms with Gasteiger partial charge in [0.25, 0.3) is 5.91 Å². The number of ether oxygens (including phenoxy) is 1. The lowest BCUT2D eigenvalue weighted by Gasteiger charge is -2.06. The molecule has 0 radical (unpaired) electrons. The van der Waals surface area contributed by atoms with Crippen LogP contribution in [0.1, 0.15) is 17.3 Å². The lowest BCUT2D eigenvalue weighted by atomic mass is 10.2. The Morgan fingerprint density at radius 2 is 2.20 bits per heavy atom. The molecule has 0 aliphatic carbocycles. The molecule has 0 saturated carbocycles. The van der Waals surface area contributed by atoms with E-state index in [-0.39, 0.29) is 17.2 Å². The van der Waals surface area contributed by atoms with Gasteiger partial charge in [-0.15, -0.1) is 0 Å². The summed E-state index contributed by atoms with van der Waals surface area (Å²) in [6, 6.07) is 6.44. The van der Waals surface area contributed by atoms with Gasteiger partial charge in [-0.05, 0) is 19.1 Å². The van der Waals surface area contributed by atoms with Gasteiger partial charge in [-0.2, -0.15) is 0 Å². The van der Waals surface area contributed by atoms with Crippen molar-refractivity contribution in [1.82, 2.24) is 5.32 Å². The third kappa shape index (κ3) is 3.59. The number of carbonyl (C=O) groups excluding carboxylic acids is 1. The summed E-state index contributed by atoms with van der Waals surface area (Å²) in [5.41, 5.74) is 0.286. The van der Waals surface area contributed by atoms with Gasteiger partial charge in [-0.3, -0.25) is 4.79 Å². The Balaban J connectivity index is 2.44. The van der Waals surface area contributed by atoms with Crippen LogP contribution in [0.5, 0.6) is 5.75 Å². The van der Waals surface area contributed by atoms with Crippen LogP contribution < -0.4 is 5.32 Å². The Bertz CT molecular complexity index is 325. The topological polar surface area (TPSA) is 58.6 Å². The van der Waals surface area contributed by atoms with E-state index < -0.39 is 0 Å². The number of aromatic hydroxyl groups is 1. The third-order valence-electron chi connectivity index (χ3n) is 1.88. The second-order valence-corrected chi connectivity index (χ2v) is 2.97. The number of phenolic OH excluding ortho intramolecular Hbond substituents is 1. The zero-order chi connectivity index (χ0) is 11.1. The molecule has 4 nitrogen and oxygen atoms in total. The van der Waals surface area contributed by atoms with Gasteiger partial charge < -0.3 is 15.2 Å². The van der Waals surface area contributed by atoms with Crippen molar-refractivity contribution in [2.24, 2.45) is 0 Å². The van der Waals surface area contributed by atoms with Crippen LogP contribution in [0.4, 0.5) is 0 Å². The SMILES string of the molecule is CCOCCNC(=O)c1ccccc1O. The first-order chi connectivity index (χ1) is 7.25. The number of benzene rings is 1. The summed E-state index contributed by atoms with van der Waals surface area (Å²) in [6.07, 6.45) is 0. The molecule has 4 heteroatoms. The molecule has 0 saturated heterocycles. The normalized spacial score (nSPS) is 9.93. The largest absolute Gasteiger partial charge is 0.507 e. The number of nitrogens with one attached hydrogen (secondary N) is 1. The zero-order valence-electron chi connectivity index (χ0n) is 8.69. The highest BCUT2D eigenvalue weighted by molar-refractivity contribution is 5.96. The molecule has 2 N–H and O–H groups in total. The molecule has 1 aromatic rings. The van der Waals surface area contributed by atoms with Gasteiger partial charge in [0, 0.05) is 13.2 Å². The van der Waals surface area contributed by atoms with Crippen LogP contribution in [0.3, 0.4) is 0 Å². The van der Waals surface area contributed by atoms with E-state index in [1.54, 1.807) is 18.2 Å². The minimum Gasteiger partial charge on any atom is -0.507 e. The average Bonchev–Trinajstić information content (AvgIpc) is 2.25. The quantitative estimate of drug-likeness (QED) is 0.715. The Kier molecular flexibility index (Phi) is 4.63. The monoisotopic (exact) mass is 209 g/mol. The molecule has 0 unspecified atom stereocenters. The number of amides is 1. The molecular formula is C11H15NO3. The van der Waals surface area contributed by atoms with Crippen LogP contribution in [0.15, 0.2) is 24.3 Å². The summed E-state index contributed by atoms with van der Waals surface area (Å²) in [5, 5.41) is 12.0. The van der Waals surface area contributed by atoms with Crippen molar-refractivity contribution in [3.63, 3.8) is 0 Å². The molecule has 15 heavy (non-hydrogen) atoms. The van der Waals surface area contributed by atoms with Crippen molar-refractivity contribution < 1.29 is 14.6 Å². The maximum absolute atomic E-state index is 11.5. The Hall–Kier alpha value is -1.55. The summed E-state index contributed by atoms with van der Waals surface area (Å²) >= 11 is 0. The van der Waals surface area contributed by atoms with Gasteiger partial charge in [-0.1, -0.05) is 12.1 Å². The second kappa shape index (κ2) is 6.03. The van der Waals surface area contributed by atoms with Gasteiger partial charge in [0.15, 0.2) is 0 Å². The van der Waals surface area contributed by atoms with Gasteiger partial charge in [0.2, 0.25) is 0 Å². The zero-order valence-corrected chi connectivity index (χ0v) is 8.69. The van der Waals surface area contributed by atoms with Crippen molar-refractivity contribution in [2.45, 2.75) is 6.92 Å². The first-order valence-corrected chi connectivity index (χ1v) is 4.89. The van der Waals surface area contributed by atoms with E-state index in [4.69, 9.17) is 4.74 Å². The standard InChI is InChI=1S/C11H15NO3/c1-2-15-8-7-12-11(14)9-5-3-4-6-10(9)13/h3-6,13H,2,7-8H2,1H3,(H,12,14). The molecule has 0 atom stereocenters. The summed E-state index contributed by atoms with van der Waals surface area (Å²) in [6.45, 7) is 3.45. The number of para-hydroxylation sites is 1. The molecule has 0 heterocycles. The Labute approximate surface area is 88.9 Å². The van der Waals surface area contributed by atoms with E-state index in [2.05, 4.69) is 5.32 Å². The number of hydrogen-bond acceptors (Lipinski definition) is 3. The maximum Gasteiger partial charge on any atom is 0.255 e. The molecule has 0 aliphatic heterocycles. The minimum atomic E-state index is -0.284. The lowest BCUT2D eigenvalue weighted by Crippen LogP contribution is -2.27. The predicted molar refractivity (Wildman–Crippen MR) is 56.9 cm³/mol. The minimum absolute atomic E-state index is 0.00795. The van der Waals surface area contributed by atoms with Crippen LogP contribution in [0.2, 0.25) is 0 Å². The first kappa shape index (κ1) is 11.5. The van der Waals surface area contributed by atoms with Crippen LogP contribution in [-0.2, 0) is 4.74 Å². The van der Waals surface area contributed by atoms with Crippen molar-refractivity contribution in [1.29, 1.82) is 0 Å². The first-order valence-electron chi connectivity index (χ1n) is 4.89. The van der Waals surface area contributed by atoms with E-state index in [0.717, 1.165) is 0 Å². The second-order valence-electron chi connectivity index (χ2n) is 2.97. The van der Waals surface area contributed by atoms with Crippen molar-refractivity contribution in [2.75, 3.05) is 19.8 Å². The fourth-order valence-electron chi connectivity index (χ4n) is 1.14. The third-order valence-corrected chi connectivity index (χ3v) is 1.88. The molecule has 0 spiro atoms. The summed E-state index contributed by atoms with van der Waals surface area (Å²) < 4.78 is 5.07. The van der Waals surface area contributed by atoms with E-state index >= 15 is 0 Å². The Morgan fingerprint density at radius 1 is 1.47 bits per heavy atom. The highest BCUT2D eigenvalue weighted by Gasteiger charge is 2.08. The van der Waals surface area contributed by atoms with Gasteiger partial charge in [0.1, 0.15) is 5.75 Å². The predicted octanol–water partition coefficient (Wildman–Crippen LogP) is 1.16. The van der Waals surface area contributed by atoms with E-state index in [1.807, 2.05) is 6.92 Å². The molecule has 0 aliphatic rings. The number of rotatable bonds is 5. The van der Waals surface area contributed by atoms with Gasteiger partial charge in [0.05, 0.1) is 12.2 Å². The molecule has 1 amide bonds.